The Morgan fingerprint density at radius 1 is 1.03 bits per heavy atom. The number of hydrogen-bond acceptors (Lipinski definition) is 10. The van der Waals surface area contributed by atoms with E-state index in [4.69, 9.17) is 29.4 Å². The minimum Gasteiger partial charge on any atom is -0.493 e. The predicted molar refractivity (Wildman–Crippen MR) is 121 cm³/mol. The Bertz CT molecular complexity index is 1010. The normalized spacial score (nSPS) is 10.4. The van der Waals surface area contributed by atoms with E-state index < -0.39 is 24.5 Å². The smallest absolute Gasteiger partial charge is 0.420 e. The average molecular weight is 475 g/mol. The average Bonchev–Trinajstić information content (AvgIpc) is 2.85. The van der Waals surface area contributed by atoms with Crippen LogP contribution in [0.5, 0.6) is 23.1 Å². The van der Waals surface area contributed by atoms with Crippen LogP contribution in [0, 0.1) is 0 Å². The summed E-state index contributed by atoms with van der Waals surface area (Å²) in [6.45, 7) is 3.45. The highest BCUT2D eigenvalue weighted by Crippen LogP contribution is 2.30. The van der Waals surface area contributed by atoms with Crippen molar-refractivity contribution in [3.05, 3.63) is 41.6 Å². The topological polar surface area (TPSA) is 148 Å². The maximum absolute atomic E-state index is 12.5. The van der Waals surface area contributed by atoms with E-state index in [0.29, 0.717) is 29.9 Å². The molecule has 0 radical (unpaired) electrons. The lowest BCUT2D eigenvalue weighted by Crippen LogP contribution is -2.37. The Kier molecular flexibility index (Phi) is 10.1. The Morgan fingerprint density at radius 2 is 1.74 bits per heavy atom. The lowest BCUT2D eigenvalue weighted by molar-refractivity contribution is -0.118. The maximum Gasteiger partial charge on any atom is 0.420 e. The quantitative estimate of drug-likeness (QED) is 0.465. The van der Waals surface area contributed by atoms with Crippen LogP contribution in [0.1, 0.15) is 42.6 Å². The summed E-state index contributed by atoms with van der Waals surface area (Å²) >= 11 is 0. The molecule has 0 fully saturated rings. The highest BCUT2D eigenvalue weighted by Gasteiger charge is 2.20. The van der Waals surface area contributed by atoms with Gasteiger partial charge in [0.1, 0.15) is 12.7 Å². The van der Waals surface area contributed by atoms with Crippen molar-refractivity contribution in [1.82, 2.24) is 10.3 Å². The van der Waals surface area contributed by atoms with Crippen molar-refractivity contribution >= 4 is 18.0 Å². The molecule has 0 spiro atoms. The van der Waals surface area contributed by atoms with E-state index in [1.807, 2.05) is 19.2 Å². The molecule has 1 aromatic carbocycles. The van der Waals surface area contributed by atoms with Crippen LogP contribution < -0.4 is 30.0 Å². The fourth-order valence-corrected chi connectivity index (χ4v) is 2.81. The molecule has 0 unspecified atom stereocenters. The van der Waals surface area contributed by atoms with Crippen molar-refractivity contribution in [1.29, 1.82) is 0 Å². The second-order valence-electron chi connectivity index (χ2n) is 6.99. The number of nitrogens with two attached hydrogens (primary N) is 1. The van der Waals surface area contributed by atoms with Gasteiger partial charge in [-0.05, 0) is 30.5 Å². The number of ether oxygens (including phenoxy) is 5. The highest BCUT2D eigenvalue weighted by molar-refractivity contribution is 5.93. The van der Waals surface area contributed by atoms with Gasteiger partial charge in [-0.2, -0.15) is 0 Å². The number of esters is 1. The van der Waals surface area contributed by atoms with Gasteiger partial charge in [-0.1, -0.05) is 19.9 Å². The van der Waals surface area contributed by atoms with Crippen molar-refractivity contribution in [2.75, 3.05) is 20.8 Å². The van der Waals surface area contributed by atoms with Gasteiger partial charge in [-0.3, -0.25) is 10.1 Å². The lowest BCUT2D eigenvalue weighted by Gasteiger charge is -2.16. The van der Waals surface area contributed by atoms with Gasteiger partial charge >= 0.3 is 12.1 Å². The summed E-state index contributed by atoms with van der Waals surface area (Å²) in [4.78, 5) is 39.9. The number of nitrogens with zero attached hydrogens (tertiary/aromatic N) is 1. The van der Waals surface area contributed by atoms with E-state index in [-0.39, 0.29) is 29.9 Å². The van der Waals surface area contributed by atoms with E-state index >= 15 is 0 Å². The number of aromatic nitrogens is 1. The summed E-state index contributed by atoms with van der Waals surface area (Å²) in [7, 11) is 3.03. The van der Waals surface area contributed by atoms with Gasteiger partial charge in [0, 0.05) is 12.3 Å². The first-order valence-corrected chi connectivity index (χ1v) is 10.6. The van der Waals surface area contributed by atoms with E-state index in [9.17, 15) is 14.4 Å². The van der Waals surface area contributed by atoms with E-state index in [2.05, 4.69) is 4.98 Å². The molecule has 34 heavy (non-hydrogen) atoms. The fourth-order valence-electron chi connectivity index (χ4n) is 2.81. The van der Waals surface area contributed by atoms with Crippen molar-refractivity contribution in [2.24, 2.45) is 5.73 Å². The molecule has 3 N–H and O–H groups in total. The van der Waals surface area contributed by atoms with Crippen LogP contribution in [-0.2, 0) is 16.1 Å². The fraction of sp³-hybridized carbons (Fsp3) is 0.391. The van der Waals surface area contributed by atoms with Crippen LogP contribution in [0.3, 0.4) is 0 Å². The molecule has 2 amide bonds. The number of methoxy groups -OCH3 is 2. The standard InChI is InChI=1S/C23H29N3O8/c1-5-16(6-2)33-22(28)15-10-19(21(25-12-15)34-23(29)26-20(27)11-24)32-13-14-7-8-17(30-3)18(9-14)31-4/h7-10,12,16H,5-6,11,13,24H2,1-4H3,(H,26,27,29). The van der Waals surface area contributed by atoms with Crippen molar-refractivity contribution in [3.63, 3.8) is 0 Å². The molecule has 0 aliphatic rings. The Labute approximate surface area is 197 Å². The summed E-state index contributed by atoms with van der Waals surface area (Å²) in [5.41, 5.74) is 6.00. The Balaban J connectivity index is 2.29. The molecule has 0 bridgehead atoms. The molecule has 11 heteroatoms. The molecule has 11 nitrogen and oxygen atoms in total. The number of nitrogens with one attached hydrogen (secondary N) is 1. The number of pyridine rings is 1. The van der Waals surface area contributed by atoms with Gasteiger partial charge in [0.05, 0.1) is 26.3 Å². The summed E-state index contributed by atoms with van der Waals surface area (Å²) < 4.78 is 26.8. The second-order valence-corrected chi connectivity index (χ2v) is 6.99. The van der Waals surface area contributed by atoms with Crippen molar-refractivity contribution in [2.45, 2.75) is 39.4 Å². The first-order chi connectivity index (χ1) is 16.3. The zero-order chi connectivity index (χ0) is 25.1. The molecule has 2 aromatic rings. The largest absolute Gasteiger partial charge is 0.493 e. The van der Waals surface area contributed by atoms with Gasteiger partial charge in [0.2, 0.25) is 5.91 Å². The zero-order valence-electron chi connectivity index (χ0n) is 19.6. The van der Waals surface area contributed by atoms with E-state index in [1.165, 1.54) is 26.5 Å². The monoisotopic (exact) mass is 475 g/mol. The number of benzene rings is 1. The van der Waals surface area contributed by atoms with Crippen molar-refractivity contribution < 1.29 is 38.1 Å². The number of carbonyl (C=O) groups excluding carboxylic acids is 3. The van der Waals surface area contributed by atoms with Gasteiger partial charge in [0.15, 0.2) is 17.2 Å². The molecule has 0 atom stereocenters. The first kappa shape index (κ1) is 26.4. The van der Waals surface area contributed by atoms with Crippen LogP contribution in [0.25, 0.3) is 0 Å². The van der Waals surface area contributed by atoms with Crippen LogP contribution in [0.15, 0.2) is 30.5 Å². The number of hydrogen-bond donors (Lipinski definition) is 2. The second kappa shape index (κ2) is 13.0. The summed E-state index contributed by atoms with van der Waals surface area (Å²) in [6, 6.07) is 6.53. The molecule has 184 valence electrons. The molecular weight excluding hydrogens is 446 g/mol. The summed E-state index contributed by atoms with van der Waals surface area (Å²) in [5.74, 6) is -0.537. The minimum atomic E-state index is -1.09. The summed E-state index contributed by atoms with van der Waals surface area (Å²) in [6.07, 6.45) is 1.18. The maximum atomic E-state index is 12.5. The highest BCUT2D eigenvalue weighted by atomic mass is 16.6. The van der Waals surface area contributed by atoms with Gasteiger partial charge in [-0.25, -0.2) is 14.6 Å². The predicted octanol–water partition coefficient (Wildman–Crippen LogP) is 2.60. The number of carbonyl (C=O) groups is 3. The third-order valence-electron chi connectivity index (χ3n) is 4.70. The van der Waals surface area contributed by atoms with Crippen LogP contribution in [0.4, 0.5) is 4.79 Å². The molecule has 0 saturated carbocycles. The lowest BCUT2D eigenvalue weighted by atomic mass is 10.2. The van der Waals surface area contributed by atoms with Gasteiger partial charge < -0.3 is 29.4 Å². The molecule has 2 rings (SSSR count). The Morgan fingerprint density at radius 3 is 2.35 bits per heavy atom. The summed E-state index contributed by atoms with van der Waals surface area (Å²) in [5, 5.41) is 1.94. The first-order valence-electron chi connectivity index (χ1n) is 10.6. The van der Waals surface area contributed by atoms with Crippen molar-refractivity contribution in [3.8, 4) is 23.1 Å². The molecule has 0 saturated heterocycles. The minimum absolute atomic E-state index is 0.0101. The van der Waals surface area contributed by atoms with Gasteiger partial charge in [-0.15, -0.1) is 0 Å². The van der Waals surface area contributed by atoms with Gasteiger partial charge in [0.25, 0.3) is 5.88 Å². The SMILES string of the molecule is CCC(CC)OC(=O)c1cnc(OC(=O)NC(=O)CN)c(OCc2ccc(OC)c(OC)c2)c1. The number of rotatable bonds is 11. The number of amides is 2. The molecule has 1 heterocycles. The number of imide groups is 1. The Hall–Kier alpha value is -3.86. The molecular formula is C23H29N3O8. The third-order valence-corrected chi connectivity index (χ3v) is 4.70. The van der Waals surface area contributed by atoms with Crippen LogP contribution >= 0.6 is 0 Å². The molecule has 0 aliphatic heterocycles. The third kappa shape index (κ3) is 7.34. The van der Waals surface area contributed by atoms with E-state index in [0.717, 1.165) is 0 Å². The van der Waals surface area contributed by atoms with E-state index in [1.54, 1.807) is 18.2 Å². The van der Waals surface area contributed by atoms with Crippen LogP contribution in [-0.4, -0.2) is 49.8 Å². The zero-order valence-corrected chi connectivity index (χ0v) is 19.6. The molecule has 0 aliphatic carbocycles. The molecule has 1 aromatic heterocycles. The van der Waals surface area contributed by atoms with Crippen LogP contribution in [0.2, 0.25) is 0 Å².